The van der Waals surface area contributed by atoms with Crippen LogP contribution in [0.4, 0.5) is 10.7 Å². The van der Waals surface area contributed by atoms with Crippen LogP contribution in [0.25, 0.3) is 0 Å². The number of anilines is 2. The third-order valence-corrected chi connectivity index (χ3v) is 7.62. The van der Waals surface area contributed by atoms with E-state index in [-0.39, 0.29) is 0 Å². The molecule has 1 amide bonds. The van der Waals surface area contributed by atoms with Crippen molar-refractivity contribution < 1.29 is 22.7 Å². The molecule has 7 nitrogen and oxygen atoms in total. The molecule has 9 heteroatoms. The monoisotopic (exact) mass is 450 g/mol. The molecule has 0 fully saturated rings. The molecule has 1 aromatic heterocycles. The van der Waals surface area contributed by atoms with Crippen molar-refractivity contribution in [2.45, 2.75) is 45.6 Å². The lowest BCUT2D eigenvalue weighted by atomic mass is 9.95. The van der Waals surface area contributed by atoms with Crippen molar-refractivity contribution in [3.63, 3.8) is 0 Å². The Balaban J connectivity index is 1.93. The van der Waals surface area contributed by atoms with E-state index < -0.39 is 27.9 Å². The van der Waals surface area contributed by atoms with Crippen LogP contribution in [-0.2, 0) is 32.4 Å². The smallest absolute Gasteiger partial charge is 0.341 e. The van der Waals surface area contributed by atoms with Gasteiger partial charge in [0.25, 0.3) is 0 Å². The maximum atomic E-state index is 13.1. The molecule has 1 aliphatic rings. The molecular weight excluding hydrogens is 424 g/mol. The number of esters is 1. The number of benzene rings is 1. The lowest BCUT2D eigenvalue weighted by Gasteiger charge is -2.28. The van der Waals surface area contributed by atoms with Crippen molar-refractivity contribution in [3.05, 3.63) is 45.8 Å². The number of methoxy groups -OCH3 is 1. The lowest BCUT2D eigenvalue weighted by molar-refractivity contribution is -0.116. The first kappa shape index (κ1) is 22.3. The number of thiophene rings is 1. The Hall–Kier alpha value is -2.39. The summed E-state index contributed by atoms with van der Waals surface area (Å²) in [5.74, 6) is -0.999. The Morgan fingerprint density at radius 1 is 1.17 bits per heavy atom. The van der Waals surface area contributed by atoms with E-state index in [0.717, 1.165) is 52.2 Å². The van der Waals surface area contributed by atoms with Gasteiger partial charge < -0.3 is 10.1 Å². The number of hydrogen-bond acceptors (Lipinski definition) is 6. The predicted octanol–water partition coefficient (Wildman–Crippen LogP) is 3.52. The molecule has 1 heterocycles. The average molecular weight is 451 g/mol. The summed E-state index contributed by atoms with van der Waals surface area (Å²) in [5, 5.41) is 3.21. The molecule has 1 aromatic carbocycles. The Morgan fingerprint density at radius 3 is 2.40 bits per heavy atom. The van der Waals surface area contributed by atoms with Gasteiger partial charge in [-0.3, -0.25) is 9.10 Å². The van der Waals surface area contributed by atoms with E-state index in [1.165, 1.54) is 25.4 Å². The number of nitrogens with one attached hydrogen (secondary N) is 1. The zero-order valence-corrected chi connectivity index (χ0v) is 19.2. The summed E-state index contributed by atoms with van der Waals surface area (Å²) in [4.78, 5) is 26.5. The summed E-state index contributed by atoms with van der Waals surface area (Å²) in [6.07, 6.45) is 4.70. The number of nitrogens with zero attached hydrogens (tertiary/aromatic N) is 1. The third-order valence-electron chi connectivity index (χ3n) is 5.17. The van der Waals surface area contributed by atoms with Crippen LogP contribution in [0, 0.1) is 6.92 Å². The molecule has 162 valence electrons. The fourth-order valence-electron chi connectivity index (χ4n) is 3.69. The maximum Gasteiger partial charge on any atom is 0.341 e. The summed E-state index contributed by atoms with van der Waals surface area (Å²) < 4.78 is 31.0. The molecule has 2 aromatic rings. The minimum Gasteiger partial charge on any atom is -0.465 e. The lowest BCUT2D eigenvalue weighted by Crippen LogP contribution is -2.45. The number of rotatable bonds is 6. The van der Waals surface area contributed by atoms with Crippen LogP contribution in [-0.4, -0.2) is 39.7 Å². The maximum absolute atomic E-state index is 13.1. The second-order valence-corrected chi connectivity index (χ2v) is 10.4. The van der Waals surface area contributed by atoms with Gasteiger partial charge in [0.05, 0.1) is 24.6 Å². The normalized spacial score (nSPS) is 14.5. The number of aryl methyl sites for hydroxylation is 2. The molecule has 1 aliphatic carbocycles. The largest absolute Gasteiger partial charge is 0.465 e. The molecule has 0 unspecified atom stereocenters. The van der Waals surface area contributed by atoms with Gasteiger partial charge in [0.15, 0.2) is 0 Å². The van der Waals surface area contributed by atoms with E-state index in [0.29, 0.717) is 16.3 Å². The standard InChI is InChI=1S/C21H26N2O5S2/c1-13-9-11-15(12-10-13)23(30(4,26)27)14(2)19(24)22-20-18(21(25)28-3)16-7-5-6-8-17(16)29-20/h9-12,14H,5-8H2,1-4H3,(H,22,24)/t14-/m1/s1. The second-order valence-electron chi connectivity index (χ2n) is 7.47. The quantitative estimate of drug-likeness (QED) is 0.680. The highest BCUT2D eigenvalue weighted by Crippen LogP contribution is 2.38. The Kier molecular flexibility index (Phi) is 6.52. The molecule has 30 heavy (non-hydrogen) atoms. The van der Waals surface area contributed by atoms with Gasteiger partial charge in [-0.2, -0.15) is 0 Å². The van der Waals surface area contributed by atoms with Gasteiger partial charge in [0.2, 0.25) is 15.9 Å². The number of hydrogen-bond donors (Lipinski definition) is 1. The molecule has 0 aliphatic heterocycles. The predicted molar refractivity (Wildman–Crippen MR) is 119 cm³/mol. The van der Waals surface area contributed by atoms with Gasteiger partial charge in [0, 0.05) is 4.88 Å². The van der Waals surface area contributed by atoms with Crippen LogP contribution < -0.4 is 9.62 Å². The molecule has 0 radical (unpaired) electrons. The first-order valence-electron chi connectivity index (χ1n) is 9.73. The van der Waals surface area contributed by atoms with Gasteiger partial charge in [-0.05, 0) is 57.2 Å². The highest BCUT2D eigenvalue weighted by atomic mass is 32.2. The fraction of sp³-hybridized carbons (Fsp3) is 0.429. The van der Waals surface area contributed by atoms with E-state index >= 15 is 0 Å². The van der Waals surface area contributed by atoms with E-state index in [1.807, 2.05) is 6.92 Å². The number of carbonyl (C=O) groups is 2. The number of ether oxygens (including phenoxy) is 1. The van der Waals surface area contributed by atoms with Gasteiger partial charge in [-0.15, -0.1) is 11.3 Å². The van der Waals surface area contributed by atoms with Crippen LogP contribution in [0.1, 0.15) is 46.1 Å². The molecule has 3 rings (SSSR count). The molecule has 0 saturated heterocycles. The van der Waals surface area contributed by atoms with Crippen LogP contribution in [0.5, 0.6) is 0 Å². The molecule has 0 bridgehead atoms. The second kappa shape index (κ2) is 8.77. The SMILES string of the molecule is COC(=O)c1c(NC(=O)[C@@H](C)N(c2ccc(C)cc2)S(C)(=O)=O)sc2c1CCCC2. The molecule has 1 atom stereocenters. The van der Waals surface area contributed by atoms with E-state index in [1.54, 1.807) is 24.3 Å². The highest BCUT2D eigenvalue weighted by molar-refractivity contribution is 7.92. The van der Waals surface area contributed by atoms with Crippen LogP contribution in [0.2, 0.25) is 0 Å². The van der Waals surface area contributed by atoms with E-state index in [2.05, 4.69) is 5.32 Å². The van der Waals surface area contributed by atoms with Gasteiger partial charge in [-0.25, -0.2) is 13.2 Å². The minimum absolute atomic E-state index is 0.388. The van der Waals surface area contributed by atoms with Crippen molar-refractivity contribution >= 4 is 43.9 Å². The fourth-order valence-corrected chi connectivity index (χ4v) is 6.14. The number of amides is 1. The van der Waals surface area contributed by atoms with E-state index in [4.69, 9.17) is 4.74 Å². The highest BCUT2D eigenvalue weighted by Gasteiger charge is 2.32. The van der Waals surface area contributed by atoms with Crippen molar-refractivity contribution in [1.29, 1.82) is 0 Å². The van der Waals surface area contributed by atoms with Gasteiger partial charge >= 0.3 is 5.97 Å². The molecule has 1 N–H and O–H groups in total. The topological polar surface area (TPSA) is 92.8 Å². The minimum atomic E-state index is -3.72. The van der Waals surface area contributed by atoms with Gasteiger partial charge in [0.1, 0.15) is 11.0 Å². The summed E-state index contributed by atoms with van der Waals surface area (Å²) in [6, 6.07) is 5.92. The zero-order valence-electron chi connectivity index (χ0n) is 17.5. The molecule has 0 saturated carbocycles. The third kappa shape index (κ3) is 4.52. The first-order chi connectivity index (χ1) is 14.1. The van der Waals surface area contributed by atoms with Crippen LogP contribution in [0.3, 0.4) is 0 Å². The average Bonchev–Trinajstić information content (AvgIpc) is 3.05. The summed E-state index contributed by atoms with van der Waals surface area (Å²) in [5.41, 5.74) is 2.71. The molecule has 0 spiro atoms. The van der Waals surface area contributed by atoms with Crippen molar-refractivity contribution in [3.8, 4) is 0 Å². The van der Waals surface area contributed by atoms with Crippen LogP contribution in [0.15, 0.2) is 24.3 Å². The first-order valence-corrected chi connectivity index (χ1v) is 12.4. The van der Waals surface area contributed by atoms with Crippen molar-refractivity contribution in [1.82, 2.24) is 0 Å². The molecular formula is C21H26N2O5S2. The number of sulfonamides is 1. The van der Waals surface area contributed by atoms with Crippen molar-refractivity contribution in [2.75, 3.05) is 23.0 Å². The Labute approximate surface area is 181 Å². The number of carbonyl (C=O) groups excluding carboxylic acids is 2. The summed E-state index contributed by atoms with van der Waals surface area (Å²) >= 11 is 1.37. The zero-order chi connectivity index (χ0) is 22.1. The summed E-state index contributed by atoms with van der Waals surface area (Å²) in [7, 11) is -2.40. The van der Waals surface area contributed by atoms with Crippen LogP contribution >= 0.6 is 11.3 Å². The van der Waals surface area contributed by atoms with E-state index in [9.17, 15) is 18.0 Å². The Morgan fingerprint density at radius 2 is 1.80 bits per heavy atom. The summed E-state index contributed by atoms with van der Waals surface area (Å²) in [6.45, 7) is 3.43. The van der Waals surface area contributed by atoms with Crippen molar-refractivity contribution in [2.24, 2.45) is 0 Å². The Bertz CT molecular complexity index is 1060. The van der Waals surface area contributed by atoms with Gasteiger partial charge in [-0.1, -0.05) is 17.7 Å². The number of fused-ring (bicyclic) bond motifs is 1.